The zero-order valence-electron chi connectivity index (χ0n) is 20.4. The van der Waals surface area contributed by atoms with E-state index in [9.17, 15) is 46.0 Å². The maximum absolute atomic E-state index is 12.8. The number of nitrogens with zero attached hydrogens (tertiary/aromatic N) is 3. The van der Waals surface area contributed by atoms with Crippen molar-refractivity contribution < 1.29 is 45.6 Å². The molecule has 1 aliphatic heterocycles. The highest BCUT2D eigenvalue weighted by atomic mass is 19.4. The third-order valence-electron chi connectivity index (χ3n) is 5.25. The molecule has 1 N–H and O–H groups in total. The summed E-state index contributed by atoms with van der Waals surface area (Å²) >= 11 is 0. The molecule has 1 saturated heterocycles. The van der Waals surface area contributed by atoms with Crippen LogP contribution < -0.4 is 5.32 Å². The molecule has 1 aromatic carbocycles. The van der Waals surface area contributed by atoms with Crippen LogP contribution in [0.25, 0.3) is 0 Å². The Kier molecular flexibility index (Phi) is 9.25. The van der Waals surface area contributed by atoms with Crippen molar-refractivity contribution >= 4 is 23.4 Å². The number of likely N-dealkylation sites (tertiary alicyclic amines) is 1. The lowest BCUT2D eigenvalue weighted by atomic mass is 10.0. The second-order valence-corrected chi connectivity index (χ2v) is 9.58. The van der Waals surface area contributed by atoms with Gasteiger partial charge in [0, 0.05) is 24.7 Å². The average molecular weight is 542 g/mol. The predicted octanol–water partition coefficient (Wildman–Crippen LogP) is 5.36. The predicted molar refractivity (Wildman–Crippen MR) is 120 cm³/mol. The van der Waals surface area contributed by atoms with E-state index in [0.29, 0.717) is 19.0 Å². The van der Waals surface area contributed by atoms with Crippen LogP contribution in [0.3, 0.4) is 0 Å². The van der Waals surface area contributed by atoms with Gasteiger partial charge in [0.15, 0.2) is 0 Å². The zero-order valence-corrected chi connectivity index (χ0v) is 20.4. The molecule has 1 aliphatic rings. The molecule has 0 bridgehead atoms. The molecule has 1 fully saturated rings. The van der Waals surface area contributed by atoms with E-state index in [1.54, 1.807) is 20.8 Å². The fourth-order valence-electron chi connectivity index (χ4n) is 3.78. The molecule has 208 valence electrons. The molecule has 2 rings (SSSR count). The van der Waals surface area contributed by atoms with E-state index in [0.717, 1.165) is 25.0 Å². The van der Waals surface area contributed by atoms with Crippen molar-refractivity contribution in [3.63, 3.8) is 0 Å². The van der Waals surface area contributed by atoms with Crippen molar-refractivity contribution in [2.45, 2.75) is 64.0 Å². The molecule has 0 saturated carbocycles. The summed E-state index contributed by atoms with van der Waals surface area (Å²) in [5.41, 5.74) is -2.28. The van der Waals surface area contributed by atoms with Crippen molar-refractivity contribution in [2.24, 2.45) is 0 Å². The number of hydrogen-bond acceptors (Lipinski definition) is 6. The maximum Gasteiger partial charge on any atom is 0.410 e. The van der Waals surface area contributed by atoms with E-state index >= 15 is 0 Å². The van der Waals surface area contributed by atoms with E-state index in [1.807, 2.05) is 0 Å². The summed E-state index contributed by atoms with van der Waals surface area (Å²) in [6.45, 7) is 1.23. The van der Waals surface area contributed by atoms with Crippen LogP contribution in [0.2, 0.25) is 0 Å². The van der Waals surface area contributed by atoms with Crippen molar-refractivity contribution in [3.05, 3.63) is 33.9 Å². The number of carbonyl (C=O) groups excluding carboxylic acids is 2. The first-order chi connectivity index (χ1) is 16.9. The number of nitro groups is 1. The number of amides is 2. The molecule has 1 heterocycles. The lowest BCUT2D eigenvalue weighted by molar-refractivity contribution is -0.384. The summed E-state index contributed by atoms with van der Waals surface area (Å²) in [7, 11) is 0. The highest BCUT2D eigenvalue weighted by Gasteiger charge is 2.40. The van der Waals surface area contributed by atoms with E-state index in [2.05, 4.69) is 5.32 Å². The molecule has 15 heteroatoms. The Morgan fingerprint density at radius 1 is 1.11 bits per heavy atom. The number of ether oxygens (including phenoxy) is 1. The number of carbonyl (C=O) groups is 2. The van der Waals surface area contributed by atoms with Gasteiger partial charge in [0.25, 0.3) is 11.6 Å². The minimum Gasteiger partial charge on any atom is -0.444 e. The smallest absolute Gasteiger partial charge is 0.410 e. The second kappa shape index (κ2) is 11.4. The molecule has 9 nitrogen and oxygen atoms in total. The van der Waals surface area contributed by atoms with Gasteiger partial charge in [0.1, 0.15) is 24.4 Å². The molecule has 1 atom stereocenters. The number of anilines is 1. The van der Waals surface area contributed by atoms with Gasteiger partial charge in [-0.2, -0.15) is 26.3 Å². The first-order valence-electron chi connectivity index (χ1n) is 11.3. The molecular weight excluding hydrogens is 514 g/mol. The molecular formula is C22H28F6N4O5. The SMILES string of the molecule is CC(C)(C)OC(=O)N1CCCC[C@@H]1CNc1ccc(C(=O)N(CC(F)(F)F)CC(F)(F)F)cc1[N+](=O)[O-]. The monoisotopic (exact) mass is 542 g/mol. The van der Waals surface area contributed by atoms with Gasteiger partial charge in [-0.15, -0.1) is 0 Å². The number of alkyl halides is 6. The Bertz CT molecular complexity index is 977. The van der Waals surface area contributed by atoms with Crippen LogP contribution in [-0.2, 0) is 4.74 Å². The molecule has 0 spiro atoms. The van der Waals surface area contributed by atoms with Crippen LogP contribution in [0.5, 0.6) is 0 Å². The molecule has 0 aliphatic carbocycles. The fraction of sp³-hybridized carbons (Fsp3) is 0.636. The van der Waals surface area contributed by atoms with E-state index in [1.165, 1.54) is 4.90 Å². The van der Waals surface area contributed by atoms with Gasteiger partial charge >= 0.3 is 18.4 Å². The van der Waals surface area contributed by atoms with E-state index in [4.69, 9.17) is 4.74 Å². The zero-order chi connectivity index (χ0) is 28.2. The van der Waals surface area contributed by atoms with Gasteiger partial charge in [0.05, 0.1) is 11.0 Å². The van der Waals surface area contributed by atoms with Crippen LogP contribution in [0.1, 0.15) is 50.4 Å². The van der Waals surface area contributed by atoms with Crippen molar-refractivity contribution in [3.8, 4) is 0 Å². The Balaban J connectivity index is 2.24. The Morgan fingerprint density at radius 3 is 2.22 bits per heavy atom. The second-order valence-electron chi connectivity index (χ2n) is 9.58. The summed E-state index contributed by atoms with van der Waals surface area (Å²) in [5.74, 6) is -1.66. The van der Waals surface area contributed by atoms with E-state index < -0.39 is 70.2 Å². The summed E-state index contributed by atoms with van der Waals surface area (Å²) in [6.07, 6.45) is -8.69. The summed E-state index contributed by atoms with van der Waals surface area (Å²) < 4.78 is 82.0. The van der Waals surface area contributed by atoms with Gasteiger partial charge in [-0.25, -0.2) is 4.79 Å². The average Bonchev–Trinajstić information content (AvgIpc) is 2.73. The number of hydrogen-bond donors (Lipinski definition) is 1. The number of nitro benzene ring substituents is 1. The molecule has 0 aromatic heterocycles. The summed E-state index contributed by atoms with van der Waals surface area (Å²) in [5, 5.41) is 14.4. The Labute approximate surface area is 208 Å². The highest BCUT2D eigenvalue weighted by molar-refractivity contribution is 5.95. The van der Waals surface area contributed by atoms with Crippen molar-refractivity contribution in [1.29, 1.82) is 0 Å². The topological polar surface area (TPSA) is 105 Å². The highest BCUT2D eigenvalue weighted by Crippen LogP contribution is 2.29. The number of halogens is 6. The van der Waals surface area contributed by atoms with Gasteiger partial charge in [-0.3, -0.25) is 14.9 Å². The molecule has 0 radical (unpaired) electrons. The molecule has 37 heavy (non-hydrogen) atoms. The lowest BCUT2D eigenvalue weighted by Crippen LogP contribution is -2.48. The quantitative estimate of drug-likeness (QED) is 0.283. The number of nitrogens with one attached hydrogen (secondary N) is 1. The first kappa shape index (κ1) is 30.0. The third kappa shape index (κ3) is 9.61. The molecule has 2 amide bonds. The standard InChI is InChI=1S/C22H28F6N4O5/c1-20(2,3)37-19(34)31-9-5-4-6-15(31)11-29-16-8-7-14(10-17(16)32(35)36)18(33)30(12-21(23,24)25)13-22(26,27)28/h7-8,10,15,29H,4-6,9,11-13H2,1-3H3/t15-/m1/s1. The normalized spacial score (nSPS) is 16.8. The minimum atomic E-state index is -5.12. The number of rotatable bonds is 7. The largest absolute Gasteiger partial charge is 0.444 e. The summed E-state index contributed by atoms with van der Waals surface area (Å²) in [6, 6.07) is 2.17. The molecule has 0 unspecified atom stereocenters. The van der Waals surface area contributed by atoms with Gasteiger partial charge in [0.2, 0.25) is 0 Å². The lowest BCUT2D eigenvalue weighted by Gasteiger charge is -2.37. The van der Waals surface area contributed by atoms with Crippen LogP contribution in [0.4, 0.5) is 42.5 Å². The Hall–Kier alpha value is -3.26. The third-order valence-corrected chi connectivity index (χ3v) is 5.25. The van der Waals surface area contributed by atoms with Gasteiger partial charge in [-0.05, 0) is 52.2 Å². The molecule has 1 aromatic rings. The van der Waals surface area contributed by atoms with E-state index in [-0.39, 0.29) is 12.2 Å². The maximum atomic E-state index is 12.8. The Morgan fingerprint density at radius 2 is 1.70 bits per heavy atom. The van der Waals surface area contributed by atoms with Gasteiger partial charge in [-0.1, -0.05) is 0 Å². The van der Waals surface area contributed by atoms with Crippen LogP contribution >= 0.6 is 0 Å². The number of benzene rings is 1. The fourth-order valence-corrected chi connectivity index (χ4v) is 3.78. The van der Waals surface area contributed by atoms with Crippen LogP contribution in [0, 0.1) is 10.1 Å². The van der Waals surface area contributed by atoms with Crippen molar-refractivity contribution in [1.82, 2.24) is 9.80 Å². The van der Waals surface area contributed by atoms with Gasteiger partial charge < -0.3 is 19.9 Å². The van der Waals surface area contributed by atoms with Crippen LogP contribution in [-0.4, -0.2) is 76.9 Å². The van der Waals surface area contributed by atoms with Crippen molar-refractivity contribution in [2.75, 3.05) is 31.5 Å². The number of piperidine rings is 1. The minimum absolute atomic E-state index is 0.0572. The first-order valence-corrected chi connectivity index (χ1v) is 11.3. The summed E-state index contributed by atoms with van der Waals surface area (Å²) in [4.78, 5) is 36.7. The van der Waals surface area contributed by atoms with Crippen LogP contribution in [0.15, 0.2) is 18.2 Å².